The zero-order valence-electron chi connectivity index (χ0n) is 11.5. The summed E-state index contributed by atoms with van der Waals surface area (Å²) in [5, 5.41) is 0.842. The molecule has 0 saturated carbocycles. The van der Waals surface area contributed by atoms with Crippen molar-refractivity contribution in [1.82, 2.24) is 0 Å². The number of anilines is 1. The zero-order chi connectivity index (χ0) is 13.2. The number of ether oxygens (including phenoxy) is 1. The monoisotopic (exact) mass is 267 g/mol. The van der Waals surface area contributed by atoms with Crippen molar-refractivity contribution in [3.8, 4) is 0 Å². The van der Waals surface area contributed by atoms with Crippen LogP contribution >= 0.6 is 11.6 Å². The third-order valence-corrected chi connectivity index (χ3v) is 3.42. The molecule has 100 valence electrons. The van der Waals surface area contributed by atoms with E-state index in [1.807, 2.05) is 6.07 Å². The molecule has 0 amide bonds. The number of nitrogens with zero attached hydrogens (tertiary/aromatic N) is 1. The molecule has 0 bridgehead atoms. The molecule has 1 saturated heterocycles. The maximum absolute atomic E-state index is 6.32. The van der Waals surface area contributed by atoms with Crippen LogP contribution in [0.2, 0.25) is 5.02 Å². The summed E-state index contributed by atoms with van der Waals surface area (Å²) in [4.78, 5) is 2.32. The standard InChI is InChI=1S/C15H22ClNO/c1-15(2,3)11-12-4-5-13(16)14(10-12)17-6-8-18-9-7-17/h4-5,10H,6-9,11H2,1-3H3. The first kappa shape index (κ1) is 13.7. The summed E-state index contributed by atoms with van der Waals surface area (Å²) in [7, 11) is 0. The maximum atomic E-state index is 6.32. The van der Waals surface area contributed by atoms with Crippen LogP contribution in [0.1, 0.15) is 26.3 Å². The molecule has 3 heteroatoms. The molecule has 1 aliphatic heterocycles. The molecule has 2 rings (SSSR count). The highest BCUT2D eigenvalue weighted by Crippen LogP contribution is 2.30. The third-order valence-electron chi connectivity index (χ3n) is 3.10. The third kappa shape index (κ3) is 3.63. The second-order valence-corrected chi connectivity index (χ2v) is 6.53. The van der Waals surface area contributed by atoms with Gasteiger partial charge in [-0.25, -0.2) is 0 Å². The van der Waals surface area contributed by atoms with Crippen molar-refractivity contribution in [3.05, 3.63) is 28.8 Å². The Morgan fingerprint density at radius 3 is 2.50 bits per heavy atom. The van der Waals surface area contributed by atoms with Crippen LogP contribution in [0.5, 0.6) is 0 Å². The molecule has 2 nitrogen and oxygen atoms in total. The van der Waals surface area contributed by atoms with Crippen LogP contribution in [0.3, 0.4) is 0 Å². The summed E-state index contributed by atoms with van der Waals surface area (Å²) in [6.07, 6.45) is 1.07. The van der Waals surface area contributed by atoms with Crippen molar-refractivity contribution in [2.45, 2.75) is 27.2 Å². The average molecular weight is 268 g/mol. The molecule has 0 aliphatic carbocycles. The Labute approximate surface area is 115 Å². The first-order valence-electron chi connectivity index (χ1n) is 6.57. The van der Waals surface area contributed by atoms with Crippen LogP contribution in [0.15, 0.2) is 18.2 Å². The highest BCUT2D eigenvalue weighted by Gasteiger charge is 2.17. The Morgan fingerprint density at radius 1 is 1.22 bits per heavy atom. The first-order valence-corrected chi connectivity index (χ1v) is 6.95. The van der Waals surface area contributed by atoms with Crippen LogP contribution in [-0.4, -0.2) is 26.3 Å². The minimum absolute atomic E-state index is 0.302. The van der Waals surface area contributed by atoms with Gasteiger partial charge >= 0.3 is 0 Å². The average Bonchev–Trinajstić information content (AvgIpc) is 2.31. The predicted molar refractivity (Wildman–Crippen MR) is 77.6 cm³/mol. The van der Waals surface area contributed by atoms with Gasteiger partial charge in [0.15, 0.2) is 0 Å². The highest BCUT2D eigenvalue weighted by molar-refractivity contribution is 6.33. The van der Waals surface area contributed by atoms with E-state index in [0.29, 0.717) is 5.41 Å². The molecule has 0 spiro atoms. The molecule has 18 heavy (non-hydrogen) atoms. The van der Waals surface area contributed by atoms with Crippen molar-refractivity contribution in [2.75, 3.05) is 31.2 Å². The lowest BCUT2D eigenvalue weighted by atomic mass is 9.88. The van der Waals surface area contributed by atoms with E-state index < -0.39 is 0 Å². The summed E-state index contributed by atoms with van der Waals surface area (Å²) >= 11 is 6.32. The van der Waals surface area contributed by atoms with Gasteiger partial charge in [-0.05, 0) is 29.5 Å². The van der Waals surface area contributed by atoms with Crippen molar-refractivity contribution >= 4 is 17.3 Å². The van der Waals surface area contributed by atoms with E-state index in [1.54, 1.807) is 0 Å². The lowest BCUT2D eigenvalue weighted by molar-refractivity contribution is 0.122. The molecule has 1 heterocycles. The molecule has 1 aliphatic rings. The summed E-state index contributed by atoms with van der Waals surface area (Å²) in [5.41, 5.74) is 2.81. The quantitative estimate of drug-likeness (QED) is 0.809. The van der Waals surface area contributed by atoms with Crippen molar-refractivity contribution < 1.29 is 4.74 Å². The second-order valence-electron chi connectivity index (χ2n) is 6.12. The summed E-state index contributed by atoms with van der Waals surface area (Å²) in [6, 6.07) is 6.39. The van der Waals surface area contributed by atoms with E-state index in [-0.39, 0.29) is 0 Å². The molecule has 0 atom stereocenters. The molecule has 0 aromatic heterocycles. The van der Waals surface area contributed by atoms with Crippen LogP contribution in [0.4, 0.5) is 5.69 Å². The molecular formula is C15H22ClNO. The van der Waals surface area contributed by atoms with Crippen LogP contribution in [0, 0.1) is 5.41 Å². The largest absolute Gasteiger partial charge is 0.378 e. The van der Waals surface area contributed by atoms with Gasteiger partial charge in [0.25, 0.3) is 0 Å². The zero-order valence-corrected chi connectivity index (χ0v) is 12.3. The number of rotatable bonds is 2. The van der Waals surface area contributed by atoms with Gasteiger partial charge in [0, 0.05) is 13.1 Å². The summed E-state index contributed by atoms with van der Waals surface area (Å²) in [6.45, 7) is 10.2. The van der Waals surface area contributed by atoms with Gasteiger partial charge in [-0.3, -0.25) is 0 Å². The predicted octanol–water partition coefficient (Wildman–Crippen LogP) is 3.77. The summed E-state index contributed by atoms with van der Waals surface area (Å²) in [5.74, 6) is 0. The normalized spacial score (nSPS) is 17.0. The van der Waals surface area contributed by atoms with Crippen LogP contribution < -0.4 is 4.90 Å². The molecule has 0 N–H and O–H groups in total. The van der Waals surface area contributed by atoms with Gasteiger partial charge in [0.2, 0.25) is 0 Å². The number of benzene rings is 1. The van der Waals surface area contributed by atoms with Gasteiger partial charge in [0.1, 0.15) is 0 Å². The Bertz CT molecular complexity index is 405. The van der Waals surface area contributed by atoms with Gasteiger partial charge < -0.3 is 9.64 Å². The van der Waals surface area contributed by atoms with E-state index >= 15 is 0 Å². The first-order chi connectivity index (χ1) is 8.46. The van der Waals surface area contributed by atoms with Crippen molar-refractivity contribution in [2.24, 2.45) is 5.41 Å². The number of halogens is 1. The van der Waals surface area contributed by atoms with Gasteiger partial charge in [0.05, 0.1) is 23.9 Å². The Balaban J connectivity index is 2.20. The number of morpholine rings is 1. The molecule has 0 radical (unpaired) electrons. The smallest absolute Gasteiger partial charge is 0.0642 e. The molecule has 0 unspecified atom stereocenters. The Hall–Kier alpha value is -0.730. The van der Waals surface area contributed by atoms with Crippen LogP contribution in [-0.2, 0) is 11.2 Å². The fourth-order valence-electron chi connectivity index (χ4n) is 2.33. The number of hydrogen-bond donors (Lipinski definition) is 0. The summed E-state index contributed by atoms with van der Waals surface area (Å²) < 4.78 is 5.39. The van der Waals surface area contributed by atoms with E-state index in [4.69, 9.17) is 16.3 Å². The molecule has 1 fully saturated rings. The molecular weight excluding hydrogens is 246 g/mol. The van der Waals surface area contributed by atoms with Gasteiger partial charge in [-0.2, -0.15) is 0 Å². The van der Waals surface area contributed by atoms with E-state index in [1.165, 1.54) is 5.56 Å². The SMILES string of the molecule is CC(C)(C)Cc1ccc(Cl)c(N2CCOCC2)c1. The van der Waals surface area contributed by atoms with E-state index in [9.17, 15) is 0 Å². The number of hydrogen-bond acceptors (Lipinski definition) is 2. The van der Waals surface area contributed by atoms with Crippen LogP contribution in [0.25, 0.3) is 0 Å². The highest BCUT2D eigenvalue weighted by atomic mass is 35.5. The van der Waals surface area contributed by atoms with E-state index in [0.717, 1.165) is 43.4 Å². The van der Waals surface area contributed by atoms with Gasteiger partial charge in [-0.15, -0.1) is 0 Å². The lowest BCUT2D eigenvalue weighted by Crippen LogP contribution is -2.36. The second kappa shape index (κ2) is 5.50. The molecule has 1 aromatic rings. The topological polar surface area (TPSA) is 12.5 Å². The molecule has 1 aromatic carbocycles. The fourth-order valence-corrected chi connectivity index (χ4v) is 2.56. The Morgan fingerprint density at radius 2 is 1.89 bits per heavy atom. The minimum Gasteiger partial charge on any atom is -0.378 e. The Kier molecular flexibility index (Phi) is 4.18. The van der Waals surface area contributed by atoms with E-state index in [2.05, 4.69) is 37.8 Å². The minimum atomic E-state index is 0.302. The van der Waals surface area contributed by atoms with Crippen molar-refractivity contribution in [1.29, 1.82) is 0 Å². The lowest BCUT2D eigenvalue weighted by Gasteiger charge is -2.30. The van der Waals surface area contributed by atoms with Gasteiger partial charge in [-0.1, -0.05) is 38.4 Å². The van der Waals surface area contributed by atoms with Crippen molar-refractivity contribution in [3.63, 3.8) is 0 Å². The fraction of sp³-hybridized carbons (Fsp3) is 0.600. The maximum Gasteiger partial charge on any atom is 0.0642 e.